The molecule has 0 saturated carbocycles. The molecule has 1 N–H and O–H groups in total. The van der Waals surface area contributed by atoms with Gasteiger partial charge in [0, 0.05) is 30.2 Å². The number of rotatable bonds is 2. The Morgan fingerprint density at radius 3 is 2.43 bits per heavy atom. The molecule has 2 aromatic carbocycles. The number of benzene rings is 2. The van der Waals surface area contributed by atoms with Gasteiger partial charge in [0.25, 0.3) is 11.8 Å². The number of aryl methyl sites for hydroxylation is 1. The summed E-state index contributed by atoms with van der Waals surface area (Å²) in [6.45, 7) is 0.998. The van der Waals surface area contributed by atoms with Crippen molar-refractivity contribution in [1.29, 1.82) is 0 Å². The van der Waals surface area contributed by atoms with Gasteiger partial charge < -0.3 is 10.0 Å². The van der Waals surface area contributed by atoms with Crippen LogP contribution in [0.1, 0.15) is 33.5 Å². The summed E-state index contributed by atoms with van der Waals surface area (Å²) in [4.78, 5) is 25.0. The molecule has 1 aliphatic heterocycles. The average Bonchev–Trinajstić information content (AvgIpc) is 2.75. The summed E-state index contributed by atoms with van der Waals surface area (Å²) >= 11 is 0. The smallest absolute Gasteiger partial charge is 0.417 e. The number of alkyl halides is 5. The fourth-order valence-electron chi connectivity index (χ4n) is 3.39. The second-order valence-electron chi connectivity index (χ2n) is 6.87. The Hall–Kier alpha value is -3.23. The van der Waals surface area contributed by atoms with E-state index in [9.17, 15) is 31.5 Å². The van der Waals surface area contributed by atoms with Gasteiger partial charge in [0.05, 0.1) is 16.8 Å². The van der Waals surface area contributed by atoms with Crippen molar-refractivity contribution in [3.63, 3.8) is 0 Å². The van der Waals surface area contributed by atoms with Crippen LogP contribution >= 0.6 is 0 Å². The largest absolute Gasteiger partial charge is 0.478 e. The molecule has 0 saturated heterocycles. The first-order valence-corrected chi connectivity index (χ1v) is 8.84. The Morgan fingerprint density at radius 1 is 1.13 bits per heavy atom. The lowest BCUT2D eigenvalue weighted by Crippen LogP contribution is -2.34. The number of aliphatic carboxylic acids is 1. The number of hydrogen-bond donors (Lipinski definition) is 1. The standard InChI is InChI=1S/C21H16F5NO3/c1-12-6-7-17-14(10-12)16(11-18(28)29)20(22,23)8-9-27(17)19(30)13-4-2-3-5-15(13)21(24,25)26/h2-7,10-11H,8-9H2,1H3,(H,28,29)/b16-11-. The third-order valence-corrected chi connectivity index (χ3v) is 4.75. The first-order chi connectivity index (χ1) is 13.9. The number of fused-ring (bicyclic) bond motifs is 1. The van der Waals surface area contributed by atoms with Gasteiger partial charge in [-0.1, -0.05) is 23.8 Å². The van der Waals surface area contributed by atoms with Crippen LogP contribution in [-0.2, 0) is 11.0 Å². The van der Waals surface area contributed by atoms with Gasteiger partial charge in [0.15, 0.2) is 0 Å². The van der Waals surface area contributed by atoms with Crippen LogP contribution in [0.5, 0.6) is 0 Å². The lowest BCUT2D eigenvalue weighted by Gasteiger charge is -2.24. The highest BCUT2D eigenvalue weighted by molar-refractivity contribution is 6.09. The molecule has 2 aromatic rings. The predicted octanol–water partition coefficient (Wildman–Crippen LogP) is 5.17. The lowest BCUT2D eigenvalue weighted by atomic mass is 9.95. The zero-order valence-electron chi connectivity index (χ0n) is 15.6. The molecular weight excluding hydrogens is 409 g/mol. The molecule has 1 aliphatic rings. The Kier molecular flexibility index (Phi) is 5.40. The molecule has 4 nitrogen and oxygen atoms in total. The Labute approximate surface area is 168 Å². The number of halogens is 5. The number of hydrogen-bond acceptors (Lipinski definition) is 2. The first kappa shape index (κ1) is 21.5. The van der Waals surface area contributed by atoms with E-state index in [1.165, 1.54) is 24.3 Å². The number of carboxylic acids is 1. The second kappa shape index (κ2) is 7.55. The SMILES string of the molecule is Cc1ccc2c(c1)/C(=C/C(=O)O)C(F)(F)CCN2C(=O)c1ccccc1C(F)(F)F. The molecule has 0 radical (unpaired) electrons. The highest BCUT2D eigenvalue weighted by atomic mass is 19.4. The second-order valence-corrected chi connectivity index (χ2v) is 6.87. The van der Waals surface area contributed by atoms with Crippen molar-refractivity contribution >= 4 is 23.1 Å². The van der Waals surface area contributed by atoms with E-state index in [0.717, 1.165) is 23.1 Å². The van der Waals surface area contributed by atoms with Crippen molar-refractivity contribution < 1.29 is 36.6 Å². The Bertz CT molecular complexity index is 1040. The third kappa shape index (κ3) is 4.05. The molecule has 0 aliphatic carbocycles. The van der Waals surface area contributed by atoms with Crippen molar-refractivity contribution in [3.05, 3.63) is 70.8 Å². The van der Waals surface area contributed by atoms with E-state index in [4.69, 9.17) is 5.11 Å². The summed E-state index contributed by atoms with van der Waals surface area (Å²) in [6.07, 6.45) is -5.39. The zero-order chi connectivity index (χ0) is 22.3. The number of carbonyl (C=O) groups excluding carboxylic acids is 1. The highest BCUT2D eigenvalue weighted by Crippen LogP contribution is 2.44. The fourth-order valence-corrected chi connectivity index (χ4v) is 3.39. The van der Waals surface area contributed by atoms with Gasteiger partial charge in [-0.25, -0.2) is 13.6 Å². The number of allylic oxidation sites excluding steroid dienone is 1. The topological polar surface area (TPSA) is 57.6 Å². The van der Waals surface area contributed by atoms with Gasteiger partial charge in [0.1, 0.15) is 0 Å². The fraction of sp³-hybridized carbons (Fsp3) is 0.238. The van der Waals surface area contributed by atoms with Gasteiger partial charge in [0.2, 0.25) is 0 Å². The Balaban J connectivity index is 2.21. The van der Waals surface area contributed by atoms with Gasteiger partial charge in [-0.05, 0) is 31.2 Å². The quantitative estimate of drug-likeness (QED) is 0.534. The summed E-state index contributed by atoms with van der Waals surface area (Å²) in [5, 5.41) is 9.05. The lowest BCUT2D eigenvalue weighted by molar-refractivity contribution is -0.138. The highest BCUT2D eigenvalue weighted by Gasteiger charge is 2.43. The van der Waals surface area contributed by atoms with E-state index in [-0.39, 0.29) is 11.3 Å². The number of carbonyl (C=O) groups is 2. The zero-order valence-corrected chi connectivity index (χ0v) is 15.6. The van der Waals surface area contributed by atoms with Crippen LogP contribution in [0, 0.1) is 6.92 Å². The van der Waals surface area contributed by atoms with Crippen LogP contribution in [0.3, 0.4) is 0 Å². The number of carboxylic acid groups (broad SMARTS) is 1. The maximum Gasteiger partial charge on any atom is 0.417 e. The van der Waals surface area contributed by atoms with Gasteiger partial charge >= 0.3 is 12.1 Å². The summed E-state index contributed by atoms with van der Waals surface area (Å²) in [5.74, 6) is -6.29. The molecule has 0 aromatic heterocycles. The van der Waals surface area contributed by atoms with Crippen molar-refractivity contribution in [2.75, 3.05) is 11.4 Å². The molecule has 30 heavy (non-hydrogen) atoms. The molecule has 0 fully saturated rings. The molecule has 0 atom stereocenters. The maximum absolute atomic E-state index is 14.8. The monoisotopic (exact) mass is 425 g/mol. The van der Waals surface area contributed by atoms with Gasteiger partial charge in [-0.2, -0.15) is 13.2 Å². The summed E-state index contributed by atoms with van der Waals surface area (Å²) in [6, 6.07) is 8.23. The van der Waals surface area contributed by atoms with Crippen molar-refractivity contribution in [3.8, 4) is 0 Å². The molecule has 1 heterocycles. The molecule has 0 bridgehead atoms. The van der Waals surface area contributed by atoms with E-state index < -0.39 is 53.6 Å². The van der Waals surface area contributed by atoms with Crippen LogP contribution < -0.4 is 4.90 Å². The van der Waals surface area contributed by atoms with Crippen LogP contribution in [0.15, 0.2) is 48.5 Å². The van der Waals surface area contributed by atoms with Crippen molar-refractivity contribution in [2.24, 2.45) is 0 Å². The van der Waals surface area contributed by atoms with E-state index in [1.807, 2.05) is 0 Å². The molecule has 9 heteroatoms. The third-order valence-electron chi connectivity index (χ3n) is 4.75. The molecule has 3 rings (SSSR count). The van der Waals surface area contributed by atoms with E-state index >= 15 is 0 Å². The molecule has 158 valence electrons. The maximum atomic E-state index is 14.8. The van der Waals surface area contributed by atoms with Crippen LogP contribution in [0.4, 0.5) is 27.6 Å². The summed E-state index contributed by atoms with van der Waals surface area (Å²) < 4.78 is 69.6. The number of nitrogens with zero attached hydrogens (tertiary/aromatic N) is 1. The van der Waals surface area contributed by atoms with Crippen LogP contribution in [0.25, 0.3) is 5.57 Å². The van der Waals surface area contributed by atoms with E-state index in [2.05, 4.69) is 0 Å². The number of amides is 1. The summed E-state index contributed by atoms with van der Waals surface area (Å²) in [7, 11) is 0. The molecule has 0 unspecified atom stereocenters. The molecule has 1 amide bonds. The minimum atomic E-state index is -4.81. The van der Waals surface area contributed by atoms with Gasteiger partial charge in [-0.15, -0.1) is 0 Å². The average molecular weight is 425 g/mol. The van der Waals surface area contributed by atoms with Crippen LogP contribution in [0.2, 0.25) is 0 Å². The van der Waals surface area contributed by atoms with Crippen molar-refractivity contribution in [1.82, 2.24) is 0 Å². The van der Waals surface area contributed by atoms with E-state index in [0.29, 0.717) is 11.6 Å². The van der Waals surface area contributed by atoms with Gasteiger partial charge in [-0.3, -0.25) is 4.79 Å². The van der Waals surface area contributed by atoms with Crippen LogP contribution in [-0.4, -0.2) is 29.5 Å². The molecular formula is C21H16F5NO3. The normalized spacial score (nSPS) is 17.4. The summed E-state index contributed by atoms with van der Waals surface area (Å²) in [5.41, 5.74) is -2.42. The Morgan fingerprint density at radius 2 is 1.80 bits per heavy atom. The minimum Gasteiger partial charge on any atom is -0.478 e. The van der Waals surface area contributed by atoms with Crippen molar-refractivity contribution in [2.45, 2.75) is 25.4 Å². The van der Waals surface area contributed by atoms with E-state index in [1.54, 1.807) is 6.92 Å². The first-order valence-electron chi connectivity index (χ1n) is 8.84. The number of anilines is 1. The predicted molar refractivity (Wildman–Crippen MR) is 99.5 cm³/mol. The molecule has 0 spiro atoms. The minimum absolute atomic E-state index is 0.0766.